The first-order chi connectivity index (χ1) is 9.18. The molecule has 0 aromatic heterocycles. The van der Waals surface area contributed by atoms with E-state index in [-0.39, 0.29) is 10.9 Å². The molecule has 0 bridgehead atoms. The highest BCUT2D eigenvalue weighted by Gasteiger charge is 2.37. The second-order valence-corrected chi connectivity index (χ2v) is 5.33. The van der Waals surface area contributed by atoms with Gasteiger partial charge in [0.1, 0.15) is 0 Å². The lowest BCUT2D eigenvalue weighted by atomic mass is 9.75. The fourth-order valence-corrected chi connectivity index (χ4v) is 1.79. The molecule has 0 spiro atoms. The van der Waals surface area contributed by atoms with Gasteiger partial charge in [0.2, 0.25) is 0 Å². The number of ether oxygens (including phenoxy) is 1. The molecule has 0 radical (unpaired) electrons. The largest absolute Gasteiger partial charge is 0.573 e. The van der Waals surface area contributed by atoms with E-state index in [0.29, 0.717) is 13.2 Å². The van der Waals surface area contributed by atoms with Gasteiger partial charge in [-0.3, -0.25) is 0 Å². The van der Waals surface area contributed by atoms with Gasteiger partial charge >= 0.3 is 13.5 Å². The van der Waals surface area contributed by atoms with Crippen molar-refractivity contribution in [2.75, 3.05) is 13.2 Å². The Morgan fingerprint density at radius 3 is 2.35 bits per heavy atom. The summed E-state index contributed by atoms with van der Waals surface area (Å²) in [6.45, 7) is 4.45. The molecule has 0 aliphatic carbocycles. The molecule has 20 heavy (non-hydrogen) atoms. The van der Waals surface area contributed by atoms with Gasteiger partial charge in [-0.05, 0) is 6.07 Å². The minimum atomic E-state index is -4.95. The van der Waals surface area contributed by atoms with Crippen LogP contribution in [0, 0.1) is 11.2 Å². The minimum Gasteiger partial charge on any atom is -0.407 e. The Balaban J connectivity index is 2.19. The Morgan fingerprint density at radius 1 is 1.20 bits per heavy atom. The zero-order chi connectivity index (χ0) is 15.0. The molecule has 1 aromatic carbocycles. The lowest BCUT2D eigenvalue weighted by Crippen LogP contribution is -2.48. The molecular formula is C12H13BF4O3. The van der Waals surface area contributed by atoms with E-state index in [0.717, 1.165) is 6.07 Å². The van der Waals surface area contributed by atoms with Crippen molar-refractivity contribution in [3.63, 3.8) is 0 Å². The third-order valence-corrected chi connectivity index (χ3v) is 2.72. The molecule has 1 aliphatic heterocycles. The maximum absolute atomic E-state index is 14.0. The van der Waals surface area contributed by atoms with Gasteiger partial charge in [0.15, 0.2) is 11.6 Å². The summed E-state index contributed by atoms with van der Waals surface area (Å²) >= 11 is 0. The third kappa shape index (κ3) is 3.64. The summed E-state index contributed by atoms with van der Waals surface area (Å²) in [6, 6.07) is 3.46. The van der Waals surface area contributed by atoms with Crippen LogP contribution in [-0.4, -0.2) is 26.7 Å². The fourth-order valence-electron chi connectivity index (χ4n) is 1.79. The van der Waals surface area contributed by atoms with Crippen molar-refractivity contribution in [1.82, 2.24) is 0 Å². The van der Waals surface area contributed by atoms with Gasteiger partial charge in [-0.2, -0.15) is 0 Å². The van der Waals surface area contributed by atoms with E-state index in [9.17, 15) is 17.6 Å². The van der Waals surface area contributed by atoms with Crippen molar-refractivity contribution >= 4 is 12.6 Å². The number of halogens is 4. The molecule has 110 valence electrons. The first-order valence-electron chi connectivity index (χ1n) is 5.95. The monoisotopic (exact) mass is 292 g/mol. The predicted octanol–water partition coefficient (Wildman–Crippen LogP) is 2.49. The fraction of sp³-hybridized carbons (Fsp3) is 0.500. The molecule has 3 nitrogen and oxygen atoms in total. The molecule has 8 heteroatoms. The van der Waals surface area contributed by atoms with Crippen LogP contribution in [0.2, 0.25) is 0 Å². The quantitative estimate of drug-likeness (QED) is 0.619. The normalized spacial score (nSPS) is 19.0. The van der Waals surface area contributed by atoms with Gasteiger partial charge in [-0.15, -0.1) is 13.2 Å². The van der Waals surface area contributed by atoms with Crippen molar-refractivity contribution in [3.8, 4) is 5.75 Å². The van der Waals surface area contributed by atoms with Crippen molar-refractivity contribution in [3.05, 3.63) is 24.0 Å². The van der Waals surface area contributed by atoms with Gasteiger partial charge < -0.3 is 14.0 Å². The molecule has 2 rings (SSSR count). The Hall–Kier alpha value is -1.28. The summed E-state index contributed by atoms with van der Waals surface area (Å²) in [5.74, 6) is -2.03. The molecule has 0 N–H and O–H groups in total. The number of hydrogen-bond acceptors (Lipinski definition) is 3. The van der Waals surface area contributed by atoms with E-state index < -0.39 is 25.0 Å². The smallest absolute Gasteiger partial charge is 0.407 e. The highest BCUT2D eigenvalue weighted by molar-refractivity contribution is 6.61. The average molecular weight is 292 g/mol. The van der Waals surface area contributed by atoms with Crippen molar-refractivity contribution in [1.29, 1.82) is 0 Å². The number of rotatable bonds is 2. The maximum atomic E-state index is 14.0. The van der Waals surface area contributed by atoms with Crippen molar-refractivity contribution < 1.29 is 31.6 Å². The Morgan fingerprint density at radius 2 is 1.80 bits per heavy atom. The van der Waals surface area contributed by atoms with E-state index in [1.54, 1.807) is 0 Å². The lowest BCUT2D eigenvalue weighted by molar-refractivity contribution is -0.275. The van der Waals surface area contributed by atoms with Gasteiger partial charge in [-0.25, -0.2) is 4.39 Å². The topological polar surface area (TPSA) is 27.7 Å². The SMILES string of the molecule is CC1(C)COB(c2cccc(OC(F)(F)F)c2F)OC1. The first-order valence-corrected chi connectivity index (χ1v) is 5.95. The van der Waals surface area contributed by atoms with E-state index >= 15 is 0 Å². The first kappa shape index (κ1) is 15.1. The van der Waals surface area contributed by atoms with Crippen LogP contribution in [0.15, 0.2) is 18.2 Å². The molecule has 0 unspecified atom stereocenters. The molecule has 0 atom stereocenters. The van der Waals surface area contributed by atoms with E-state index in [2.05, 4.69) is 4.74 Å². The van der Waals surface area contributed by atoms with Crippen LogP contribution in [0.25, 0.3) is 0 Å². The van der Waals surface area contributed by atoms with Gasteiger partial charge in [0.25, 0.3) is 0 Å². The van der Waals surface area contributed by atoms with Crippen LogP contribution < -0.4 is 10.2 Å². The average Bonchev–Trinajstić information content (AvgIpc) is 2.31. The van der Waals surface area contributed by atoms with E-state index in [4.69, 9.17) is 9.31 Å². The lowest BCUT2D eigenvalue weighted by Gasteiger charge is -2.33. The second-order valence-electron chi connectivity index (χ2n) is 5.33. The molecule has 1 aromatic rings. The van der Waals surface area contributed by atoms with E-state index in [1.165, 1.54) is 12.1 Å². The molecule has 0 amide bonds. The predicted molar refractivity (Wildman–Crippen MR) is 64.2 cm³/mol. The Kier molecular flexibility index (Phi) is 3.97. The standard InChI is InChI=1S/C12H13BF4O3/c1-11(2)6-18-13(19-7-11)8-4-3-5-9(10(8)14)20-12(15,16)17/h3-5H,6-7H2,1-2H3. The molecule has 1 fully saturated rings. The molecule has 1 aliphatic rings. The zero-order valence-corrected chi connectivity index (χ0v) is 11.0. The third-order valence-electron chi connectivity index (χ3n) is 2.72. The molecule has 1 saturated heterocycles. The van der Waals surface area contributed by atoms with Gasteiger partial charge in [-0.1, -0.05) is 26.0 Å². The zero-order valence-electron chi connectivity index (χ0n) is 11.0. The van der Waals surface area contributed by atoms with Crippen LogP contribution >= 0.6 is 0 Å². The van der Waals surface area contributed by atoms with Crippen molar-refractivity contribution in [2.24, 2.45) is 5.41 Å². The van der Waals surface area contributed by atoms with Crippen LogP contribution in [0.4, 0.5) is 17.6 Å². The van der Waals surface area contributed by atoms with Gasteiger partial charge in [0.05, 0.1) is 0 Å². The van der Waals surface area contributed by atoms with Crippen LogP contribution in [-0.2, 0) is 9.31 Å². The molecule has 0 saturated carbocycles. The summed E-state index contributed by atoms with van der Waals surface area (Å²) in [4.78, 5) is 0. The Bertz CT molecular complexity index is 480. The van der Waals surface area contributed by atoms with Crippen molar-refractivity contribution in [2.45, 2.75) is 20.2 Å². The summed E-state index contributed by atoms with van der Waals surface area (Å²) in [7, 11) is -1.03. The number of benzene rings is 1. The Labute approximate surface area is 114 Å². The highest BCUT2D eigenvalue weighted by Crippen LogP contribution is 2.26. The summed E-state index contributed by atoms with van der Waals surface area (Å²) in [5.41, 5.74) is -0.324. The minimum absolute atomic E-state index is 0.109. The second kappa shape index (κ2) is 5.25. The van der Waals surface area contributed by atoms with Crippen LogP contribution in [0.5, 0.6) is 5.75 Å². The molecular weight excluding hydrogens is 279 g/mol. The molecule has 1 heterocycles. The highest BCUT2D eigenvalue weighted by atomic mass is 19.4. The number of alkyl halides is 3. The van der Waals surface area contributed by atoms with Crippen LogP contribution in [0.3, 0.4) is 0 Å². The van der Waals surface area contributed by atoms with Crippen LogP contribution in [0.1, 0.15) is 13.8 Å². The summed E-state index contributed by atoms with van der Waals surface area (Å²) in [5, 5.41) is 0. The van der Waals surface area contributed by atoms with E-state index in [1.807, 2.05) is 13.8 Å². The summed E-state index contributed by atoms with van der Waals surface area (Å²) < 4.78 is 64.7. The summed E-state index contributed by atoms with van der Waals surface area (Å²) in [6.07, 6.45) is -4.95. The maximum Gasteiger partial charge on any atom is 0.573 e. The number of hydrogen-bond donors (Lipinski definition) is 0. The van der Waals surface area contributed by atoms with Gasteiger partial charge in [0, 0.05) is 24.1 Å².